The van der Waals surface area contributed by atoms with E-state index < -0.39 is 10.0 Å². The van der Waals surface area contributed by atoms with Crippen LogP contribution < -0.4 is 5.32 Å². The van der Waals surface area contributed by atoms with Crippen LogP contribution in [-0.4, -0.2) is 81.8 Å². The zero-order chi connectivity index (χ0) is 21.7. The second kappa shape index (κ2) is 10.0. The van der Waals surface area contributed by atoms with Crippen molar-refractivity contribution in [2.75, 3.05) is 58.7 Å². The molecule has 3 rings (SSSR count). The Balaban J connectivity index is 1.49. The van der Waals surface area contributed by atoms with Gasteiger partial charge in [-0.1, -0.05) is 12.1 Å². The first-order valence-corrected chi connectivity index (χ1v) is 12.4. The highest BCUT2D eigenvalue weighted by Crippen LogP contribution is 2.22. The molecule has 2 heterocycles. The number of rotatable bonds is 8. The van der Waals surface area contributed by atoms with E-state index >= 15 is 0 Å². The summed E-state index contributed by atoms with van der Waals surface area (Å²) in [5, 5.41) is 4.96. The number of hydrogen-bond acceptors (Lipinski definition) is 6. The summed E-state index contributed by atoms with van der Waals surface area (Å²) < 4.78 is 26.1. The summed E-state index contributed by atoms with van der Waals surface area (Å²) in [7, 11) is -0.554. The van der Waals surface area contributed by atoms with Crippen molar-refractivity contribution in [3.05, 3.63) is 46.2 Å². The predicted octanol–water partition coefficient (Wildman–Crippen LogP) is 2.11. The molecule has 0 aliphatic carbocycles. The number of nitrogens with one attached hydrogen (secondary N) is 1. The predicted molar refractivity (Wildman–Crippen MR) is 122 cm³/mol. The average Bonchev–Trinajstić information content (AvgIpc) is 3.22. The first-order valence-electron chi connectivity index (χ1n) is 10.1. The molecule has 1 aliphatic rings. The molecule has 1 fully saturated rings. The normalized spacial score (nSPS) is 16.1. The van der Waals surface area contributed by atoms with Crippen LogP contribution in [0.5, 0.6) is 0 Å². The molecule has 1 N–H and O–H groups in total. The maximum Gasteiger partial charge on any atom is 0.242 e. The first kappa shape index (κ1) is 22.9. The van der Waals surface area contributed by atoms with Gasteiger partial charge in [0.2, 0.25) is 15.9 Å². The van der Waals surface area contributed by atoms with Crippen LogP contribution >= 0.6 is 11.3 Å². The third-order valence-electron chi connectivity index (χ3n) is 5.32. The van der Waals surface area contributed by atoms with Gasteiger partial charge in [-0.15, -0.1) is 11.3 Å². The van der Waals surface area contributed by atoms with Gasteiger partial charge in [0.05, 0.1) is 11.4 Å². The molecule has 0 unspecified atom stereocenters. The summed E-state index contributed by atoms with van der Waals surface area (Å²) in [6.07, 6.45) is 1.07. The van der Waals surface area contributed by atoms with Crippen molar-refractivity contribution < 1.29 is 13.2 Å². The molecule has 1 amide bonds. The smallest absolute Gasteiger partial charge is 0.242 e. The molecular weight excluding hydrogens is 420 g/mol. The summed E-state index contributed by atoms with van der Waals surface area (Å²) in [4.78, 5) is 18.7. The van der Waals surface area contributed by atoms with Gasteiger partial charge < -0.3 is 10.2 Å². The Morgan fingerprint density at radius 1 is 1.13 bits per heavy atom. The molecule has 0 spiro atoms. The summed E-state index contributed by atoms with van der Waals surface area (Å²) in [5.41, 5.74) is 1.15. The molecule has 2 aromatic rings. The monoisotopic (exact) mass is 450 g/mol. The third kappa shape index (κ3) is 5.89. The van der Waals surface area contributed by atoms with Crippen LogP contribution in [0.3, 0.4) is 0 Å². The van der Waals surface area contributed by atoms with Crippen molar-refractivity contribution in [2.24, 2.45) is 0 Å². The van der Waals surface area contributed by atoms with Crippen molar-refractivity contribution in [2.45, 2.75) is 18.2 Å². The number of sulfonamides is 1. The number of hydrogen-bond donors (Lipinski definition) is 1. The minimum absolute atomic E-state index is 0.126. The Hall–Kier alpha value is -1.78. The number of carbonyl (C=O) groups is 1. The summed E-state index contributed by atoms with van der Waals surface area (Å²) >= 11 is 1.80. The molecule has 0 bridgehead atoms. The highest BCUT2D eigenvalue weighted by molar-refractivity contribution is 7.89. The van der Waals surface area contributed by atoms with Crippen LogP contribution in [0, 0.1) is 6.92 Å². The van der Waals surface area contributed by atoms with E-state index in [1.165, 1.54) is 29.3 Å². The standard InChI is InChI=1S/C21H30N4O3S2/c1-17-6-7-18(15-20(17)30(27,28)23(2)3)22-21(26)16-25-12-10-24(11-13-25)9-8-19-5-4-14-29-19/h4-7,14-15H,8-13,16H2,1-3H3,(H,22,26). The number of nitrogens with zero attached hydrogens (tertiary/aromatic N) is 3. The number of aryl methyl sites for hydroxylation is 1. The van der Waals surface area contributed by atoms with E-state index in [1.807, 2.05) is 0 Å². The van der Waals surface area contributed by atoms with Crippen LogP contribution in [0.2, 0.25) is 0 Å². The van der Waals surface area contributed by atoms with E-state index in [0.29, 0.717) is 17.8 Å². The van der Waals surface area contributed by atoms with Crippen molar-refractivity contribution in [1.82, 2.24) is 14.1 Å². The fraction of sp³-hybridized carbons (Fsp3) is 0.476. The molecule has 30 heavy (non-hydrogen) atoms. The number of amides is 1. The first-order chi connectivity index (χ1) is 14.3. The molecule has 164 valence electrons. The van der Waals surface area contributed by atoms with E-state index in [9.17, 15) is 13.2 Å². The minimum atomic E-state index is -3.55. The zero-order valence-corrected chi connectivity index (χ0v) is 19.4. The molecule has 0 atom stereocenters. The molecular formula is C21H30N4O3S2. The average molecular weight is 451 g/mol. The molecule has 7 nitrogen and oxygen atoms in total. The molecule has 0 radical (unpaired) electrons. The molecule has 9 heteroatoms. The van der Waals surface area contributed by atoms with Gasteiger partial charge in [0, 0.05) is 57.4 Å². The molecule has 1 aliphatic heterocycles. The topological polar surface area (TPSA) is 73.0 Å². The number of carbonyl (C=O) groups excluding carboxylic acids is 1. The molecule has 1 aromatic carbocycles. The Kier molecular flexibility index (Phi) is 7.65. The zero-order valence-electron chi connectivity index (χ0n) is 17.8. The van der Waals surface area contributed by atoms with Gasteiger partial charge in [0.1, 0.15) is 0 Å². The molecule has 1 saturated heterocycles. The quantitative estimate of drug-likeness (QED) is 0.667. The fourth-order valence-corrected chi connectivity index (χ4v) is 5.29. The Labute approximate surface area is 183 Å². The van der Waals surface area contributed by atoms with E-state index in [-0.39, 0.29) is 10.8 Å². The number of anilines is 1. The lowest BCUT2D eigenvalue weighted by molar-refractivity contribution is -0.117. The molecule has 1 aromatic heterocycles. The van der Waals surface area contributed by atoms with Crippen LogP contribution in [0.1, 0.15) is 10.4 Å². The van der Waals surface area contributed by atoms with Gasteiger partial charge in [-0.3, -0.25) is 9.69 Å². The lowest BCUT2D eigenvalue weighted by Gasteiger charge is -2.34. The lowest BCUT2D eigenvalue weighted by atomic mass is 10.2. The summed E-state index contributed by atoms with van der Waals surface area (Å²) in [6.45, 7) is 6.72. The van der Waals surface area contributed by atoms with Gasteiger partial charge in [0.15, 0.2) is 0 Å². The van der Waals surface area contributed by atoms with Gasteiger partial charge in [0.25, 0.3) is 0 Å². The van der Waals surface area contributed by atoms with Crippen molar-refractivity contribution in [1.29, 1.82) is 0 Å². The maximum absolute atomic E-state index is 12.5. The van der Waals surface area contributed by atoms with Crippen LogP contribution in [0.4, 0.5) is 5.69 Å². The van der Waals surface area contributed by atoms with Gasteiger partial charge in [-0.2, -0.15) is 0 Å². The van der Waals surface area contributed by atoms with E-state index in [0.717, 1.165) is 39.1 Å². The SMILES string of the molecule is Cc1ccc(NC(=O)CN2CCN(CCc3cccs3)CC2)cc1S(=O)(=O)N(C)C. The second-order valence-corrected chi connectivity index (χ2v) is 10.9. The number of piperazine rings is 1. The summed E-state index contributed by atoms with van der Waals surface area (Å²) in [5.74, 6) is -0.126. The summed E-state index contributed by atoms with van der Waals surface area (Å²) in [6, 6.07) is 9.25. The largest absolute Gasteiger partial charge is 0.325 e. The van der Waals surface area contributed by atoms with Crippen LogP contribution in [-0.2, 0) is 21.2 Å². The van der Waals surface area contributed by atoms with Gasteiger partial charge >= 0.3 is 0 Å². The van der Waals surface area contributed by atoms with Crippen LogP contribution in [0.15, 0.2) is 40.6 Å². The Morgan fingerprint density at radius 3 is 2.47 bits per heavy atom. The Bertz CT molecular complexity index is 951. The maximum atomic E-state index is 12.5. The van der Waals surface area contributed by atoms with Gasteiger partial charge in [-0.25, -0.2) is 12.7 Å². The van der Waals surface area contributed by atoms with Crippen molar-refractivity contribution in [3.63, 3.8) is 0 Å². The second-order valence-electron chi connectivity index (χ2n) is 7.76. The van der Waals surface area contributed by atoms with Crippen LogP contribution in [0.25, 0.3) is 0 Å². The minimum Gasteiger partial charge on any atom is -0.325 e. The van der Waals surface area contributed by atoms with E-state index in [4.69, 9.17) is 0 Å². The third-order valence-corrected chi connectivity index (χ3v) is 8.21. The number of thiophene rings is 1. The lowest BCUT2D eigenvalue weighted by Crippen LogP contribution is -2.49. The fourth-order valence-electron chi connectivity index (χ4n) is 3.45. The van der Waals surface area contributed by atoms with E-state index in [1.54, 1.807) is 30.4 Å². The molecule has 0 saturated carbocycles. The van der Waals surface area contributed by atoms with Crippen molar-refractivity contribution >= 4 is 33.0 Å². The highest BCUT2D eigenvalue weighted by atomic mass is 32.2. The van der Waals surface area contributed by atoms with E-state index in [2.05, 4.69) is 32.6 Å². The number of benzene rings is 1. The van der Waals surface area contributed by atoms with Gasteiger partial charge in [-0.05, 0) is 42.5 Å². The highest BCUT2D eigenvalue weighted by Gasteiger charge is 2.22. The Morgan fingerprint density at radius 2 is 1.83 bits per heavy atom. The van der Waals surface area contributed by atoms with Crippen molar-refractivity contribution in [3.8, 4) is 0 Å².